The zero-order chi connectivity index (χ0) is 38.1. The van der Waals surface area contributed by atoms with E-state index in [0.29, 0.717) is 12.3 Å². The molecule has 0 fully saturated rings. The van der Waals surface area contributed by atoms with E-state index in [9.17, 15) is 9.50 Å². The smallest absolute Gasteiger partial charge is 0.122 e. The zero-order valence-electron chi connectivity index (χ0n) is 31.3. The Morgan fingerprint density at radius 3 is 1.74 bits per heavy atom. The third kappa shape index (κ3) is 54.6. The fourth-order valence-corrected chi connectivity index (χ4v) is 2.90. The Kier molecular flexibility index (Phi) is 54.1. The van der Waals surface area contributed by atoms with E-state index in [2.05, 4.69) is 87.1 Å². The van der Waals surface area contributed by atoms with Crippen LogP contribution in [0.3, 0.4) is 0 Å². The van der Waals surface area contributed by atoms with Crippen LogP contribution in [0, 0.1) is 31.1 Å². The monoisotopic (exact) mass is 652 g/mol. The molecule has 1 aromatic carbocycles. The van der Waals surface area contributed by atoms with Gasteiger partial charge in [-0.1, -0.05) is 67.2 Å². The van der Waals surface area contributed by atoms with Gasteiger partial charge in [-0.3, -0.25) is 0 Å². The molecule has 0 aliphatic carbocycles. The van der Waals surface area contributed by atoms with Gasteiger partial charge in [0.25, 0.3) is 0 Å². The van der Waals surface area contributed by atoms with Crippen molar-refractivity contribution in [2.24, 2.45) is 5.92 Å². The summed E-state index contributed by atoms with van der Waals surface area (Å²) in [6.07, 6.45) is 30.3. The molecule has 0 aliphatic heterocycles. The Labute approximate surface area is 289 Å². The van der Waals surface area contributed by atoms with Crippen LogP contribution in [-0.2, 0) is 4.79 Å². The third-order valence-corrected chi connectivity index (χ3v) is 5.07. The molecule has 264 valence electrons. The Balaban J connectivity index is -0.000000148. The van der Waals surface area contributed by atoms with Gasteiger partial charge in [0.05, 0.1) is 12.4 Å². The van der Waals surface area contributed by atoms with Crippen LogP contribution in [0.4, 0.5) is 10.1 Å². The normalized spacial score (nSPS) is 11.3. The van der Waals surface area contributed by atoms with Crippen molar-refractivity contribution < 1.29 is 19.4 Å². The van der Waals surface area contributed by atoms with E-state index in [4.69, 9.17) is 9.90 Å². The van der Waals surface area contributed by atoms with Crippen LogP contribution < -0.4 is 4.90 Å². The van der Waals surface area contributed by atoms with Crippen molar-refractivity contribution >= 4 is 12.5 Å². The number of anilines is 1. The number of carbonyl (C=O) groups is 1. The van der Waals surface area contributed by atoms with Gasteiger partial charge in [0.15, 0.2) is 0 Å². The molecule has 0 saturated heterocycles. The Morgan fingerprint density at radius 2 is 1.38 bits per heavy atom. The number of nitrogens with zero attached hydrogens (tertiary/aromatic N) is 1. The molecule has 47 heavy (non-hydrogen) atoms. The molecule has 0 radical (unpaired) electrons. The van der Waals surface area contributed by atoms with E-state index in [-0.39, 0.29) is 5.83 Å². The number of aliphatic hydroxyl groups is 2. The van der Waals surface area contributed by atoms with Crippen molar-refractivity contribution in [3.8, 4) is 25.2 Å². The van der Waals surface area contributed by atoms with Gasteiger partial charge < -0.3 is 19.9 Å². The number of benzene rings is 1. The Hall–Kier alpha value is -4.32. The van der Waals surface area contributed by atoms with E-state index in [1.165, 1.54) is 23.4 Å². The van der Waals surface area contributed by atoms with Crippen LogP contribution in [0.5, 0.6) is 0 Å². The molecule has 2 unspecified atom stereocenters. The summed E-state index contributed by atoms with van der Waals surface area (Å²) in [6, 6.07) is 10.3. The number of terminal acetylenes is 2. The Morgan fingerprint density at radius 1 is 0.957 bits per heavy atom. The lowest BCUT2D eigenvalue weighted by molar-refractivity contribution is -0.0980. The standard InChI is InChI=1S/C21H30FNO.C7H12.C4H8O.C4H8.C3H4.C2H2.CH2O/c1-5-9-19(22)14-13-18(3)21(24)15-12-17(2)16-23(4)20-10-7-6-8-11-20;1-3-5-7-6-4-2;1-4(2)3-5;1-4(2)3;1-3-2;2*1-2/h5-11,13-14,17,21,24H,12,15-16H2,1-4H3;3-6H,7H2,1-2H3;3,5H,1-2H3;1H2,2-3H3;1H,2H3;1-2H;1H2/b9-5-,18-13+,19-14+;5-3-,6-4-;;;;;. The average Bonchev–Trinajstić information content (AvgIpc) is 3.05. The topological polar surface area (TPSA) is 60.8 Å². The second-order valence-corrected chi connectivity index (χ2v) is 10.5. The second kappa shape index (κ2) is 46.1. The number of carbonyl (C=O) groups excluding carboxylic acids is 1. The fourth-order valence-electron chi connectivity index (χ4n) is 2.90. The number of allylic oxidation sites excluding steroid dienone is 11. The van der Waals surface area contributed by atoms with E-state index in [1.807, 2.05) is 73.5 Å². The van der Waals surface area contributed by atoms with Crippen molar-refractivity contribution in [2.75, 3.05) is 18.5 Å². The maximum absolute atomic E-state index is 13.3. The number of hydrogen-bond acceptors (Lipinski definition) is 4. The molecule has 1 rings (SSSR count). The lowest BCUT2D eigenvalue weighted by atomic mass is 9.98. The lowest BCUT2D eigenvalue weighted by Crippen LogP contribution is -2.24. The molecule has 4 nitrogen and oxygen atoms in total. The number of aliphatic hydroxyl groups excluding tert-OH is 2. The first kappa shape index (κ1) is 55.1. The lowest BCUT2D eigenvalue weighted by Gasteiger charge is -2.24. The van der Waals surface area contributed by atoms with Crippen molar-refractivity contribution in [2.45, 2.75) is 94.6 Å². The molecular weight excluding hydrogens is 585 g/mol. The predicted octanol–water partition coefficient (Wildman–Crippen LogP) is 11.6. The van der Waals surface area contributed by atoms with Gasteiger partial charge in [0.1, 0.15) is 12.6 Å². The summed E-state index contributed by atoms with van der Waals surface area (Å²) < 4.78 is 13.3. The van der Waals surface area contributed by atoms with Gasteiger partial charge in [-0.2, -0.15) is 0 Å². The SMILES string of the molecule is C#C.C#CC.C/C=C\C/C=C\C.C=C(C)C.C=O.CC(C)=CO.C\C=C/C(F)=C\C=C(/C)C(O)CCC(C)CN(C)c1ccccc1. The van der Waals surface area contributed by atoms with E-state index < -0.39 is 6.10 Å². The minimum atomic E-state index is -0.524. The maximum atomic E-state index is 13.3. The molecule has 0 saturated carbocycles. The van der Waals surface area contributed by atoms with Crippen LogP contribution >= 0.6 is 0 Å². The van der Waals surface area contributed by atoms with Crippen molar-refractivity contribution in [3.05, 3.63) is 114 Å². The minimum Gasteiger partial charge on any atom is -0.516 e. The summed E-state index contributed by atoms with van der Waals surface area (Å²) in [7, 11) is 2.09. The first-order valence-electron chi connectivity index (χ1n) is 15.5. The molecule has 0 heterocycles. The largest absolute Gasteiger partial charge is 0.516 e. The van der Waals surface area contributed by atoms with E-state index in [1.54, 1.807) is 26.0 Å². The van der Waals surface area contributed by atoms with E-state index in [0.717, 1.165) is 36.8 Å². The summed E-state index contributed by atoms with van der Waals surface area (Å²) in [5, 5.41) is 18.2. The van der Waals surface area contributed by atoms with E-state index >= 15 is 0 Å². The number of hydrogen-bond donors (Lipinski definition) is 2. The average molecular weight is 652 g/mol. The molecule has 1 aromatic rings. The number of rotatable bonds is 11. The van der Waals surface area contributed by atoms with Crippen molar-refractivity contribution in [3.63, 3.8) is 0 Å². The highest BCUT2D eigenvalue weighted by molar-refractivity contribution is 5.44. The first-order chi connectivity index (χ1) is 22.3. The second-order valence-electron chi connectivity index (χ2n) is 10.5. The van der Waals surface area contributed by atoms with Gasteiger partial charge in [-0.15, -0.1) is 31.8 Å². The van der Waals surface area contributed by atoms with Gasteiger partial charge in [0, 0.05) is 19.3 Å². The number of halogens is 1. The molecule has 2 N–H and O–H groups in total. The summed E-state index contributed by atoms with van der Waals surface area (Å²) in [5.74, 6) is 2.41. The summed E-state index contributed by atoms with van der Waals surface area (Å²) in [5.41, 5.74) is 4.09. The van der Waals surface area contributed by atoms with Gasteiger partial charge in [0.2, 0.25) is 0 Å². The molecule has 2 atom stereocenters. The summed E-state index contributed by atoms with van der Waals surface area (Å²) >= 11 is 0. The predicted molar refractivity (Wildman–Crippen MR) is 210 cm³/mol. The molecular formula is C42H66FNO3. The van der Waals surface area contributed by atoms with Crippen LogP contribution in [0.15, 0.2) is 114 Å². The highest BCUT2D eigenvalue weighted by atomic mass is 19.1. The molecule has 0 aliphatic rings. The quantitative estimate of drug-likeness (QED) is 0.108. The summed E-state index contributed by atoms with van der Waals surface area (Å²) in [6.45, 7) is 25.6. The molecule has 5 heteroatoms. The van der Waals surface area contributed by atoms with Gasteiger partial charge in [-0.25, -0.2) is 4.39 Å². The van der Waals surface area contributed by atoms with Gasteiger partial charge >= 0.3 is 0 Å². The summed E-state index contributed by atoms with van der Waals surface area (Å²) in [4.78, 5) is 10.2. The Bertz CT molecular complexity index is 1050. The van der Waals surface area contributed by atoms with Crippen molar-refractivity contribution in [1.29, 1.82) is 0 Å². The van der Waals surface area contributed by atoms with Crippen LogP contribution in [0.25, 0.3) is 0 Å². The van der Waals surface area contributed by atoms with Crippen LogP contribution in [0.2, 0.25) is 0 Å². The van der Waals surface area contributed by atoms with Crippen LogP contribution in [0.1, 0.15) is 88.5 Å². The van der Waals surface area contributed by atoms with Crippen molar-refractivity contribution in [1.82, 2.24) is 0 Å². The molecule has 0 bridgehead atoms. The number of para-hydroxylation sites is 1. The molecule has 0 spiro atoms. The first-order valence-corrected chi connectivity index (χ1v) is 15.5. The zero-order valence-corrected chi connectivity index (χ0v) is 31.3. The highest BCUT2D eigenvalue weighted by Gasteiger charge is 2.11. The molecule has 0 aromatic heterocycles. The highest BCUT2D eigenvalue weighted by Crippen LogP contribution is 2.18. The molecule has 0 amide bonds. The van der Waals surface area contributed by atoms with Gasteiger partial charge in [-0.05, 0) is 123 Å². The van der Waals surface area contributed by atoms with Crippen LogP contribution in [-0.4, -0.2) is 36.7 Å². The minimum absolute atomic E-state index is 0.304. The fraction of sp³-hybridized carbons (Fsp3) is 0.405. The maximum Gasteiger partial charge on any atom is 0.122 e. The third-order valence-electron chi connectivity index (χ3n) is 5.07.